The van der Waals surface area contributed by atoms with Crippen LogP contribution in [0.4, 0.5) is 11.4 Å². The lowest BCUT2D eigenvalue weighted by Crippen LogP contribution is -2.56. The summed E-state index contributed by atoms with van der Waals surface area (Å²) in [6, 6.07) is 40.3. The fourth-order valence-electron chi connectivity index (χ4n) is 4.93. The van der Waals surface area contributed by atoms with Crippen LogP contribution in [0, 0.1) is 0 Å². The maximum Gasteiger partial charge on any atom is 0.208 e. The first-order valence-corrected chi connectivity index (χ1v) is 13.7. The van der Waals surface area contributed by atoms with Gasteiger partial charge in [0.2, 0.25) is 4.99 Å². The predicted molar refractivity (Wildman–Crippen MR) is 157 cm³/mol. The Morgan fingerprint density at radius 2 is 1.19 bits per heavy atom. The number of nitrogens with zero attached hydrogens (tertiary/aromatic N) is 4. The smallest absolute Gasteiger partial charge is 0.208 e. The number of hydrogen-bond acceptors (Lipinski definition) is 5. The largest absolute Gasteiger partial charge is 0.228 e. The molecule has 0 saturated heterocycles. The highest BCUT2D eigenvalue weighted by Crippen LogP contribution is 2.51. The molecule has 2 aliphatic rings. The lowest BCUT2D eigenvalue weighted by molar-refractivity contribution is 0.487. The van der Waals surface area contributed by atoms with Gasteiger partial charge in [0.15, 0.2) is 0 Å². The van der Waals surface area contributed by atoms with Gasteiger partial charge in [-0.25, -0.2) is 10.0 Å². The van der Waals surface area contributed by atoms with Crippen molar-refractivity contribution in [1.29, 1.82) is 0 Å². The Balaban J connectivity index is 1.48. The molecule has 5 heteroatoms. The molecule has 0 saturated carbocycles. The van der Waals surface area contributed by atoms with E-state index < -0.39 is 4.99 Å². The van der Waals surface area contributed by atoms with Gasteiger partial charge < -0.3 is 0 Å². The lowest BCUT2D eigenvalue weighted by atomic mass is 9.97. The molecule has 6 rings (SSSR count). The van der Waals surface area contributed by atoms with Crippen molar-refractivity contribution in [3.05, 3.63) is 132 Å². The number of thioether (sulfide) groups is 1. The highest BCUT2D eigenvalue weighted by Gasteiger charge is 2.52. The highest BCUT2D eigenvalue weighted by molar-refractivity contribution is 8.16. The van der Waals surface area contributed by atoms with Crippen molar-refractivity contribution in [2.75, 3.05) is 10.0 Å². The minimum absolute atomic E-state index is 0.509. The van der Waals surface area contributed by atoms with Crippen LogP contribution in [0.5, 0.6) is 0 Å². The Kier molecular flexibility index (Phi) is 6.31. The zero-order valence-corrected chi connectivity index (χ0v) is 22.0. The van der Waals surface area contributed by atoms with Gasteiger partial charge >= 0.3 is 0 Å². The second-order valence-electron chi connectivity index (χ2n) is 9.73. The van der Waals surface area contributed by atoms with Crippen LogP contribution in [-0.2, 0) is 0 Å². The molecule has 2 aliphatic heterocycles. The number of anilines is 2. The molecule has 0 amide bonds. The summed E-state index contributed by atoms with van der Waals surface area (Å²) < 4.78 is 0. The van der Waals surface area contributed by atoms with E-state index in [1.54, 1.807) is 11.8 Å². The molecule has 0 fully saturated rings. The predicted octanol–water partition coefficient (Wildman–Crippen LogP) is 8.08. The summed E-state index contributed by atoms with van der Waals surface area (Å²) >= 11 is 1.79. The normalized spacial score (nSPS) is 19.3. The van der Waals surface area contributed by atoms with Crippen molar-refractivity contribution in [3.8, 4) is 0 Å². The number of hydrazone groups is 2. The Bertz CT molecular complexity index is 1420. The van der Waals surface area contributed by atoms with Crippen molar-refractivity contribution in [3.63, 3.8) is 0 Å². The van der Waals surface area contributed by atoms with Gasteiger partial charge in [-0.05, 0) is 59.5 Å². The zero-order valence-electron chi connectivity index (χ0n) is 21.2. The van der Waals surface area contributed by atoms with Gasteiger partial charge in [-0.15, -0.1) is 0 Å². The second-order valence-corrected chi connectivity index (χ2v) is 11.0. The standard InChI is InChI=1S/C32H30N4S/c1-24(2)25-18-20-26(21-19-25)30-22-23-32(35(33-30)28-14-8-4-9-15-28)36(29-16-10-5-11-17-29)34-31(37-32)27-12-6-3-7-13-27/h3-21,24H,22-23H2,1-2H3/t32-/m0/s1. The monoisotopic (exact) mass is 502 g/mol. The van der Waals surface area contributed by atoms with E-state index in [0.29, 0.717) is 5.92 Å². The van der Waals surface area contributed by atoms with Crippen LogP contribution in [0.25, 0.3) is 0 Å². The van der Waals surface area contributed by atoms with Gasteiger partial charge in [0, 0.05) is 12.0 Å². The van der Waals surface area contributed by atoms with Crippen molar-refractivity contribution in [2.24, 2.45) is 10.2 Å². The van der Waals surface area contributed by atoms with E-state index in [0.717, 1.165) is 40.5 Å². The molecule has 0 bridgehead atoms. The van der Waals surface area contributed by atoms with Crippen LogP contribution < -0.4 is 10.0 Å². The molecule has 0 radical (unpaired) electrons. The number of benzene rings is 4. The molecule has 1 spiro atoms. The molecule has 0 aliphatic carbocycles. The first-order chi connectivity index (χ1) is 18.1. The van der Waals surface area contributed by atoms with Gasteiger partial charge in [-0.1, -0.05) is 105 Å². The highest BCUT2D eigenvalue weighted by atomic mass is 32.2. The molecule has 1 atom stereocenters. The quantitative estimate of drug-likeness (QED) is 0.276. The second kappa shape index (κ2) is 9.91. The molecular weight excluding hydrogens is 472 g/mol. The van der Waals surface area contributed by atoms with Crippen molar-refractivity contribution < 1.29 is 0 Å². The molecule has 37 heavy (non-hydrogen) atoms. The van der Waals surface area contributed by atoms with E-state index in [9.17, 15) is 0 Å². The summed E-state index contributed by atoms with van der Waals surface area (Å²) in [6.07, 6.45) is 1.73. The van der Waals surface area contributed by atoms with Crippen molar-refractivity contribution in [2.45, 2.75) is 37.6 Å². The Labute approximate surface area is 223 Å². The summed E-state index contributed by atoms with van der Waals surface area (Å²) in [6.45, 7) is 4.46. The molecular formula is C32H30N4S. The van der Waals surface area contributed by atoms with E-state index in [-0.39, 0.29) is 0 Å². The third kappa shape index (κ3) is 4.44. The zero-order chi connectivity index (χ0) is 25.2. The van der Waals surface area contributed by atoms with E-state index in [1.807, 2.05) is 12.1 Å². The number of para-hydroxylation sites is 2. The molecule has 4 aromatic carbocycles. The van der Waals surface area contributed by atoms with E-state index in [2.05, 4.69) is 127 Å². The van der Waals surface area contributed by atoms with Crippen LogP contribution in [0.3, 0.4) is 0 Å². The van der Waals surface area contributed by atoms with E-state index in [4.69, 9.17) is 10.2 Å². The average Bonchev–Trinajstić information content (AvgIpc) is 3.34. The van der Waals surface area contributed by atoms with Gasteiger partial charge in [0.05, 0.1) is 17.1 Å². The molecule has 4 nitrogen and oxygen atoms in total. The van der Waals surface area contributed by atoms with Crippen molar-refractivity contribution in [1.82, 2.24) is 0 Å². The van der Waals surface area contributed by atoms with Crippen molar-refractivity contribution >= 4 is 33.9 Å². The summed E-state index contributed by atoms with van der Waals surface area (Å²) in [4.78, 5) is -0.519. The first kappa shape index (κ1) is 23.6. The van der Waals surface area contributed by atoms with E-state index in [1.165, 1.54) is 11.1 Å². The van der Waals surface area contributed by atoms with Gasteiger partial charge in [-0.2, -0.15) is 10.2 Å². The summed E-state index contributed by atoms with van der Waals surface area (Å²) in [5, 5.41) is 15.9. The van der Waals surface area contributed by atoms with Crippen LogP contribution in [0.2, 0.25) is 0 Å². The van der Waals surface area contributed by atoms with Gasteiger partial charge in [0.1, 0.15) is 5.04 Å². The Morgan fingerprint density at radius 1 is 0.649 bits per heavy atom. The molecule has 2 heterocycles. The Morgan fingerprint density at radius 3 is 1.76 bits per heavy atom. The van der Waals surface area contributed by atoms with Crippen LogP contribution in [0.1, 0.15) is 49.3 Å². The molecule has 0 aromatic heterocycles. The minimum Gasteiger partial charge on any atom is -0.228 e. The Hall–Kier alpha value is -3.83. The molecule has 4 aromatic rings. The van der Waals surface area contributed by atoms with E-state index >= 15 is 0 Å². The third-order valence-electron chi connectivity index (χ3n) is 6.95. The fraction of sp³-hybridized carbons (Fsp3) is 0.188. The van der Waals surface area contributed by atoms with Crippen LogP contribution >= 0.6 is 11.8 Å². The number of hydrogen-bond donors (Lipinski definition) is 0. The molecule has 0 unspecified atom stereocenters. The third-order valence-corrected chi connectivity index (χ3v) is 8.34. The number of rotatable bonds is 5. The van der Waals surface area contributed by atoms with Crippen LogP contribution in [-0.4, -0.2) is 15.8 Å². The average molecular weight is 503 g/mol. The summed E-state index contributed by atoms with van der Waals surface area (Å²) in [7, 11) is 0. The summed E-state index contributed by atoms with van der Waals surface area (Å²) in [5.41, 5.74) is 6.86. The first-order valence-electron chi connectivity index (χ1n) is 12.9. The minimum atomic E-state index is -0.519. The molecule has 0 N–H and O–H groups in total. The maximum atomic E-state index is 5.35. The maximum absolute atomic E-state index is 5.35. The summed E-state index contributed by atoms with van der Waals surface area (Å²) in [5.74, 6) is 0.509. The van der Waals surface area contributed by atoms with Gasteiger partial charge in [0.25, 0.3) is 0 Å². The topological polar surface area (TPSA) is 31.2 Å². The SMILES string of the molecule is CC(C)c1ccc(C2=NN(c3ccccc3)[C@]3(CC2)SC(c2ccccc2)=NN3c2ccccc2)cc1. The molecule has 184 valence electrons. The lowest BCUT2D eigenvalue weighted by Gasteiger charge is -2.46. The fourth-order valence-corrected chi connectivity index (χ4v) is 6.29. The van der Waals surface area contributed by atoms with Gasteiger partial charge in [-0.3, -0.25) is 0 Å². The van der Waals surface area contributed by atoms with Crippen LogP contribution in [0.15, 0.2) is 125 Å².